The second kappa shape index (κ2) is 8.06. The summed E-state index contributed by atoms with van der Waals surface area (Å²) >= 11 is 1.96. The van der Waals surface area contributed by atoms with Crippen LogP contribution in [0.4, 0.5) is 4.39 Å². The van der Waals surface area contributed by atoms with E-state index in [9.17, 15) is 9.18 Å². The van der Waals surface area contributed by atoms with E-state index < -0.39 is 5.82 Å². The van der Waals surface area contributed by atoms with Crippen LogP contribution in [0.2, 0.25) is 0 Å². The highest BCUT2D eigenvalue weighted by Crippen LogP contribution is 2.22. The number of hydrogen-bond acceptors (Lipinski definition) is 3. The summed E-state index contributed by atoms with van der Waals surface area (Å²) in [6, 6.07) is 4.02. The van der Waals surface area contributed by atoms with Gasteiger partial charge in [-0.3, -0.25) is 4.79 Å². The lowest BCUT2D eigenvalue weighted by Gasteiger charge is -2.21. The van der Waals surface area contributed by atoms with Gasteiger partial charge in [0.05, 0.1) is 12.1 Å². The van der Waals surface area contributed by atoms with Crippen LogP contribution in [0.3, 0.4) is 0 Å². The number of nitrogens with two attached hydrogens (primary N) is 1. The zero-order valence-electron chi connectivity index (χ0n) is 11.8. The molecule has 0 radical (unpaired) electrons. The Bertz CT molecular complexity index is 559. The first-order valence-electron chi connectivity index (χ1n) is 7.05. The fourth-order valence-electron chi connectivity index (χ4n) is 2.25. The summed E-state index contributed by atoms with van der Waals surface area (Å²) in [6.45, 7) is 0.845. The van der Waals surface area contributed by atoms with E-state index in [0.717, 1.165) is 24.3 Å². The maximum Gasteiger partial charge on any atom is 0.252 e. The Balaban J connectivity index is 2.03. The molecule has 0 unspecified atom stereocenters. The Morgan fingerprint density at radius 1 is 1.43 bits per heavy atom. The molecule has 1 heterocycles. The zero-order chi connectivity index (χ0) is 15.1. The van der Waals surface area contributed by atoms with E-state index in [1.54, 1.807) is 0 Å². The second-order valence-electron chi connectivity index (χ2n) is 4.96. The van der Waals surface area contributed by atoms with Crippen molar-refractivity contribution in [1.82, 2.24) is 5.32 Å². The molecule has 0 aliphatic carbocycles. The molecular formula is C16H19FN2OS. The van der Waals surface area contributed by atoms with Crippen molar-refractivity contribution in [2.45, 2.75) is 12.8 Å². The number of halogens is 1. The fourth-order valence-corrected chi connectivity index (χ4v) is 3.45. The highest BCUT2D eigenvalue weighted by molar-refractivity contribution is 7.99. The third kappa shape index (κ3) is 4.76. The lowest BCUT2D eigenvalue weighted by Crippen LogP contribution is -2.31. The Morgan fingerprint density at radius 2 is 2.19 bits per heavy atom. The number of carbonyl (C=O) groups is 1. The lowest BCUT2D eigenvalue weighted by molar-refractivity contribution is 0.0946. The number of amides is 1. The van der Waals surface area contributed by atoms with Gasteiger partial charge in [0.25, 0.3) is 5.91 Å². The number of carbonyl (C=O) groups excluding carboxylic acids is 1. The van der Waals surface area contributed by atoms with Crippen LogP contribution in [0.5, 0.6) is 0 Å². The molecule has 112 valence electrons. The van der Waals surface area contributed by atoms with E-state index >= 15 is 0 Å². The van der Waals surface area contributed by atoms with E-state index in [-0.39, 0.29) is 12.5 Å². The fraction of sp³-hybridized carbons (Fsp3) is 0.438. The molecular weight excluding hydrogens is 287 g/mol. The number of nitrogens with one attached hydrogen (secondary N) is 1. The normalized spacial score (nSPS) is 15.1. The Kier molecular flexibility index (Phi) is 6.09. The topological polar surface area (TPSA) is 55.1 Å². The molecule has 1 saturated heterocycles. The third-order valence-electron chi connectivity index (χ3n) is 3.44. The van der Waals surface area contributed by atoms with E-state index in [1.165, 1.54) is 18.2 Å². The van der Waals surface area contributed by atoms with Gasteiger partial charge in [-0.05, 0) is 48.5 Å². The first kappa shape index (κ1) is 15.9. The predicted octanol–water partition coefficient (Wildman–Crippen LogP) is 2.01. The van der Waals surface area contributed by atoms with Crippen molar-refractivity contribution < 1.29 is 9.18 Å². The van der Waals surface area contributed by atoms with Gasteiger partial charge < -0.3 is 11.1 Å². The van der Waals surface area contributed by atoms with Gasteiger partial charge in [0.15, 0.2) is 0 Å². The van der Waals surface area contributed by atoms with Crippen LogP contribution >= 0.6 is 11.8 Å². The van der Waals surface area contributed by atoms with Crippen LogP contribution in [0.25, 0.3) is 0 Å². The van der Waals surface area contributed by atoms with Gasteiger partial charge in [0.2, 0.25) is 0 Å². The molecule has 0 spiro atoms. The van der Waals surface area contributed by atoms with Crippen LogP contribution in [0.1, 0.15) is 28.8 Å². The molecule has 5 heteroatoms. The lowest BCUT2D eigenvalue weighted by atomic mass is 10.0. The first-order chi connectivity index (χ1) is 10.2. The van der Waals surface area contributed by atoms with Crippen molar-refractivity contribution in [2.75, 3.05) is 24.6 Å². The van der Waals surface area contributed by atoms with Crippen LogP contribution in [-0.4, -0.2) is 30.5 Å². The SMILES string of the molecule is NCC#Cc1cc(F)ccc1C(=O)NCC1CCSCC1. The van der Waals surface area contributed by atoms with Crippen LogP contribution in [-0.2, 0) is 0 Å². The van der Waals surface area contributed by atoms with Crippen molar-refractivity contribution in [3.63, 3.8) is 0 Å². The molecule has 21 heavy (non-hydrogen) atoms. The maximum absolute atomic E-state index is 13.3. The molecule has 0 saturated carbocycles. The number of rotatable bonds is 3. The summed E-state index contributed by atoms with van der Waals surface area (Å²) in [4.78, 5) is 12.2. The maximum atomic E-state index is 13.3. The van der Waals surface area contributed by atoms with Gasteiger partial charge in [0, 0.05) is 12.1 Å². The molecule has 0 bridgehead atoms. The Morgan fingerprint density at radius 3 is 2.90 bits per heavy atom. The van der Waals surface area contributed by atoms with Gasteiger partial charge in [-0.25, -0.2) is 4.39 Å². The van der Waals surface area contributed by atoms with Crippen molar-refractivity contribution in [3.05, 3.63) is 35.1 Å². The second-order valence-corrected chi connectivity index (χ2v) is 6.19. The minimum Gasteiger partial charge on any atom is -0.352 e. The van der Waals surface area contributed by atoms with Crippen molar-refractivity contribution in [1.29, 1.82) is 0 Å². The van der Waals surface area contributed by atoms with Crippen molar-refractivity contribution in [3.8, 4) is 11.8 Å². The Labute approximate surface area is 128 Å². The molecule has 1 amide bonds. The average molecular weight is 306 g/mol. The summed E-state index contributed by atoms with van der Waals surface area (Å²) in [6.07, 6.45) is 2.27. The van der Waals surface area contributed by atoms with E-state index in [0.29, 0.717) is 23.6 Å². The summed E-state index contributed by atoms with van der Waals surface area (Å²) in [7, 11) is 0. The smallest absolute Gasteiger partial charge is 0.252 e. The van der Waals surface area contributed by atoms with Crippen LogP contribution in [0.15, 0.2) is 18.2 Å². The monoisotopic (exact) mass is 306 g/mol. The molecule has 0 aromatic heterocycles. The van der Waals surface area contributed by atoms with Crippen LogP contribution in [0, 0.1) is 23.6 Å². The largest absolute Gasteiger partial charge is 0.352 e. The molecule has 1 fully saturated rings. The average Bonchev–Trinajstić information content (AvgIpc) is 2.51. The van der Waals surface area contributed by atoms with E-state index in [2.05, 4.69) is 17.2 Å². The molecule has 2 rings (SSSR count). The third-order valence-corrected chi connectivity index (χ3v) is 4.49. The van der Waals surface area contributed by atoms with Crippen LogP contribution < -0.4 is 11.1 Å². The minimum atomic E-state index is -0.405. The molecule has 3 nitrogen and oxygen atoms in total. The summed E-state index contributed by atoms with van der Waals surface area (Å²) in [5.74, 6) is 7.66. The quantitative estimate of drug-likeness (QED) is 0.840. The number of thioether (sulfide) groups is 1. The highest BCUT2D eigenvalue weighted by Gasteiger charge is 2.16. The molecule has 1 aromatic carbocycles. The minimum absolute atomic E-state index is 0.178. The summed E-state index contributed by atoms with van der Waals surface area (Å²) in [5, 5.41) is 2.94. The van der Waals surface area contributed by atoms with E-state index in [1.807, 2.05) is 11.8 Å². The molecule has 0 atom stereocenters. The molecule has 1 aromatic rings. The first-order valence-corrected chi connectivity index (χ1v) is 8.20. The standard InChI is InChI=1S/C16H19FN2OS/c17-14-3-4-15(13(10-14)2-1-7-18)16(20)19-11-12-5-8-21-9-6-12/h3-4,10,12H,5-9,11,18H2,(H,19,20). The van der Waals surface area contributed by atoms with Gasteiger partial charge >= 0.3 is 0 Å². The summed E-state index contributed by atoms with van der Waals surface area (Å²) < 4.78 is 13.3. The van der Waals surface area contributed by atoms with Gasteiger partial charge in [0.1, 0.15) is 5.82 Å². The highest BCUT2D eigenvalue weighted by atomic mass is 32.2. The molecule has 1 aliphatic rings. The summed E-state index contributed by atoms with van der Waals surface area (Å²) in [5.41, 5.74) is 6.12. The van der Waals surface area contributed by atoms with Crippen molar-refractivity contribution in [2.24, 2.45) is 11.7 Å². The molecule has 1 aliphatic heterocycles. The van der Waals surface area contributed by atoms with Gasteiger partial charge in [-0.2, -0.15) is 11.8 Å². The van der Waals surface area contributed by atoms with E-state index in [4.69, 9.17) is 5.73 Å². The molecule has 3 N–H and O–H groups in total. The Hall–Kier alpha value is -1.51. The van der Waals surface area contributed by atoms with Crippen molar-refractivity contribution >= 4 is 17.7 Å². The van der Waals surface area contributed by atoms with Gasteiger partial charge in [-0.1, -0.05) is 11.8 Å². The predicted molar refractivity (Wildman–Crippen MR) is 84.7 cm³/mol. The van der Waals surface area contributed by atoms with Gasteiger partial charge in [-0.15, -0.1) is 0 Å². The number of benzene rings is 1. The number of hydrogen-bond donors (Lipinski definition) is 2. The zero-order valence-corrected chi connectivity index (χ0v) is 12.6.